The molecule has 0 bridgehead atoms. The molecule has 0 aliphatic carbocycles. The van der Waals surface area contributed by atoms with Crippen LogP contribution in [-0.2, 0) is 17.8 Å². The summed E-state index contributed by atoms with van der Waals surface area (Å²) in [5, 5.41) is 6.46. The molecule has 164 valence electrons. The van der Waals surface area contributed by atoms with Crippen molar-refractivity contribution in [3.05, 3.63) is 64.7 Å². The second-order valence-electron chi connectivity index (χ2n) is 7.26. The van der Waals surface area contributed by atoms with Crippen LogP contribution < -0.4 is 15.4 Å². The third-order valence-corrected chi connectivity index (χ3v) is 4.68. The number of methoxy groups -OCH3 is 1. The lowest BCUT2D eigenvalue weighted by atomic mass is 10.1. The smallest absolute Gasteiger partial charge is 0.241 e. The summed E-state index contributed by atoms with van der Waals surface area (Å²) in [6, 6.07) is 14.4. The van der Waals surface area contributed by atoms with E-state index < -0.39 is 0 Å². The number of hydrogen-bond acceptors (Lipinski definition) is 3. The first-order valence-electron chi connectivity index (χ1n) is 9.80. The van der Waals surface area contributed by atoms with Gasteiger partial charge in [-0.05, 0) is 49.1 Å². The molecule has 0 radical (unpaired) electrons. The Morgan fingerprint density at radius 3 is 2.37 bits per heavy atom. The van der Waals surface area contributed by atoms with Gasteiger partial charge in [-0.25, -0.2) is 4.99 Å². The van der Waals surface area contributed by atoms with Crippen molar-refractivity contribution in [2.45, 2.75) is 26.8 Å². The normalized spacial score (nSPS) is 10.8. The van der Waals surface area contributed by atoms with Crippen molar-refractivity contribution in [3.63, 3.8) is 0 Å². The van der Waals surface area contributed by atoms with E-state index in [1.165, 1.54) is 22.3 Å². The van der Waals surface area contributed by atoms with E-state index in [0.717, 1.165) is 12.2 Å². The number of nitrogens with zero attached hydrogens (tertiary/aromatic N) is 2. The number of amides is 1. The lowest BCUT2D eigenvalue weighted by molar-refractivity contribution is -0.127. The third-order valence-electron chi connectivity index (χ3n) is 4.68. The molecule has 1 amide bonds. The van der Waals surface area contributed by atoms with Crippen LogP contribution in [-0.4, -0.2) is 51.1 Å². The van der Waals surface area contributed by atoms with Gasteiger partial charge < -0.3 is 20.3 Å². The Bertz CT molecular complexity index is 836. The van der Waals surface area contributed by atoms with E-state index in [-0.39, 0.29) is 36.4 Å². The molecule has 0 atom stereocenters. The van der Waals surface area contributed by atoms with Gasteiger partial charge in [-0.2, -0.15) is 0 Å². The van der Waals surface area contributed by atoms with Gasteiger partial charge in [0.05, 0.1) is 20.2 Å². The van der Waals surface area contributed by atoms with Crippen molar-refractivity contribution < 1.29 is 9.53 Å². The lowest BCUT2D eigenvalue weighted by Crippen LogP contribution is -2.43. The van der Waals surface area contributed by atoms with Crippen molar-refractivity contribution in [1.29, 1.82) is 0 Å². The SMILES string of the molecule is COc1ccc(CCNC(=NCc2ccc(C)cc2C)NCC(=O)N(C)C)cc1.I. The van der Waals surface area contributed by atoms with Crippen molar-refractivity contribution in [2.75, 3.05) is 34.3 Å². The first kappa shape index (κ1) is 25.7. The average Bonchev–Trinajstić information content (AvgIpc) is 2.70. The number of carbonyl (C=O) groups is 1. The van der Waals surface area contributed by atoms with Gasteiger partial charge in [0.15, 0.2) is 5.96 Å². The standard InChI is InChI=1S/C23H32N4O2.HI/c1-17-6-9-20(18(2)14-17)15-25-23(26-16-22(28)27(3)4)24-13-12-19-7-10-21(29-5)11-8-19;/h6-11,14H,12-13,15-16H2,1-5H3,(H2,24,25,26);1H. The van der Waals surface area contributed by atoms with Gasteiger partial charge in [-0.15, -0.1) is 24.0 Å². The monoisotopic (exact) mass is 524 g/mol. The fourth-order valence-electron chi connectivity index (χ4n) is 2.80. The Kier molecular flexibility index (Phi) is 11.2. The van der Waals surface area contributed by atoms with E-state index >= 15 is 0 Å². The van der Waals surface area contributed by atoms with Crippen LogP contribution in [0.25, 0.3) is 0 Å². The molecule has 2 aromatic rings. The number of nitrogens with one attached hydrogen (secondary N) is 2. The van der Waals surface area contributed by atoms with E-state index in [0.29, 0.717) is 19.0 Å². The van der Waals surface area contributed by atoms with E-state index in [1.54, 1.807) is 26.1 Å². The number of halogens is 1. The molecule has 0 saturated heterocycles. The highest BCUT2D eigenvalue weighted by molar-refractivity contribution is 14.0. The van der Waals surface area contributed by atoms with Gasteiger partial charge in [0.25, 0.3) is 0 Å². The van der Waals surface area contributed by atoms with Crippen LogP contribution in [0.5, 0.6) is 5.75 Å². The van der Waals surface area contributed by atoms with E-state index in [4.69, 9.17) is 4.74 Å². The van der Waals surface area contributed by atoms with Gasteiger partial charge >= 0.3 is 0 Å². The van der Waals surface area contributed by atoms with Crippen molar-refractivity contribution >= 4 is 35.8 Å². The summed E-state index contributed by atoms with van der Waals surface area (Å²) in [7, 11) is 5.15. The molecule has 0 heterocycles. The molecular weight excluding hydrogens is 491 g/mol. The van der Waals surface area contributed by atoms with Gasteiger partial charge in [0.2, 0.25) is 5.91 Å². The van der Waals surface area contributed by atoms with Gasteiger partial charge in [-0.3, -0.25) is 4.79 Å². The summed E-state index contributed by atoms with van der Waals surface area (Å²) >= 11 is 0. The Labute approximate surface area is 197 Å². The highest BCUT2D eigenvalue weighted by Crippen LogP contribution is 2.12. The number of aliphatic imine (C=N–C) groups is 1. The van der Waals surface area contributed by atoms with E-state index in [2.05, 4.69) is 59.8 Å². The van der Waals surface area contributed by atoms with Crippen LogP contribution in [0.3, 0.4) is 0 Å². The lowest BCUT2D eigenvalue weighted by Gasteiger charge is -2.15. The molecule has 6 nitrogen and oxygen atoms in total. The topological polar surface area (TPSA) is 66.0 Å². The highest BCUT2D eigenvalue weighted by Gasteiger charge is 2.06. The molecule has 0 saturated carbocycles. The summed E-state index contributed by atoms with van der Waals surface area (Å²) in [6.45, 7) is 5.65. The minimum absolute atomic E-state index is 0. The number of likely N-dealkylation sites (N-methyl/N-ethyl adjacent to an activating group) is 1. The Morgan fingerprint density at radius 1 is 1.07 bits per heavy atom. The Hall–Kier alpha value is -2.29. The average molecular weight is 524 g/mol. The van der Waals surface area contributed by atoms with Crippen LogP contribution >= 0.6 is 24.0 Å². The molecule has 2 N–H and O–H groups in total. The minimum Gasteiger partial charge on any atom is -0.497 e. The summed E-state index contributed by atoms with van der Waals surface area (Å²) < 4.78 is 5.20. The van der Waals surface area contributed by atoms with Crippen molar-refractivity contribution in [2.24, 2.45) is 4.99 Å². The van der Waals surface area contributed by atoms with Crippen LogP contribution in [0.2, 0.25) is 0 Å². The van der Waals surface area contributed by atoms with Crippen LogP contribution in [0.4, 0.5) is 0 Å². The maximum atomic E-state index is 11.9. The van der Waals surface area contributed by atoms with Gasteiger partial charge in [0, 0.05) is 20.6 Å². The van der Waals surface area contributed by atoms with Crippen molar-refractivity contribution in [1.82, 2.24) is 15.5 Å². The molecule has 30 heavy (non-hydrogen) atoms. The zero-order valence-corrected chi connectivity index (χ0v) is 20.8. The molecule has 0 aliphatic rings. The molecule has 2 aromatic carbocycles. The fourth-order valence-corrected chi connectivity index (χ4v) is 2.80. The minimum atomic E-state index is 0. The summed E-state index contributed by atoms with van der Waals surface area (Å²) in [5.74, 6) is 1.48. The Morgan fingerprint density at radius 2 is 1.77 bits per heavy atom. The van der Waals surface area contributed by atoms with Gasteiger partial charge in [0.1, 0.15) is 5.75 Å². The number of carbonyl (C=O) groups excluding carboxylic acids is 1. The summed E-state index contributed by atoms with van der Waals surface area (Å²) in [6.07, 6.45) is 0.843. The molecule has 2 rings (SSSR count). The van der Waals surface area contributed by atoms with E-state index in [1.807, 2.05) is 12.1 Å². The molecule has 0 spiro atoms. The number of guanidine groups is 1. The molecular formula is C23H33IN4O2. The molecule has 7 heteroatoms. The number of aryl methyl sites for hydroxylation is 2. The molecule has 0 unspecified atom stereocenters. The molecule has 0 fully saturated rings. The van der Waals surface area contributed by atoms with Crippen molar-refractivity contribution in [3.8, 4) is 5.75 Å². The number of ether oxygens (including phenoxy) is 1. The molecule has 0 aromatic heterocycles. The zero-order valence-electron chi connectivity index (χ0n) is 18.5. The predicted octanol–water partition coefficient (Wildman–Crippen LogP) is 3.30. The summed E-state index contributed by atoms with van der Waals surface area (Å²) in [4.78, 5) is 18.2. The maximum absolute atomic E-state index is 11.9. The Balaban J connectivity index is 0.00000450. The zero-order chi connectivity index (χ0) is 21.2. The number of benzene rings is 2. The predicted molar refractivity (Wildman–Crippen MR) is 134 cm³/mol. The maximum Gasteiger partial charge on any atom is 0.241 e. The number of rotatable bonds is 8. The van der Waals surface area contributed by atoms with E-state index in [9.17, 15) is 4.79 Å². The van der Waals surface area contributed by atoms with Gasteiger partial charge in [-0.1, -0.05) is 35.9 Å². The fraction of sp³-hybridized carbons (Fsp3) is 0.391. The van der Waals surface area contributed by atoms with Crippen LogP contribution in [0, 0.1) is 13.8 Å². The second kappa shape index (κ2) is 13.1. The first-order chi connectivity index (χ1) is 13.9. The summed E-state index contributed by atoms with van der Waals surface area (Å²) in [5.41, 5.74) is 4.83. The first-order valence-corrected chi connectivity index (χ1v) is 9.80. The highest BCUT2D eigenvalue weighted by atomic mass is 127. The number of hydrogen-bond donors (Lipinski definition) is 2. The molecule has 0 aliphatic heterocycles. The quantitative estimate of drug-likeness (QED) is 0.316. The third kappa shape index (κ3) is 8.61. The van der Waals surface area contributed by atoms with Crippen LogP contribution in [0.1, 0.15) is 22.3 Å². The largest absolute Gasteiger partial charge is 0.497 e. The second-order valence-corrected chi connectivity index (χ2v) is 7.26. The van der Waals surface area contributed by atoms with Crippen LogP contribution in [0.15, 0.2) is 47.5 Å².